The van der Waals surface area contributed by atoms with Crippen LogP contribution in [0, 0.1) is 0 Å². The van der Waals surface area contributed by atoms with Gasteiger partial charge in [-0.2, -0.15) is 0 Å². The van der Waals surface area contributed by atoms with E-state index in [9.17, 15) is 4.79 Å². The lowest BCUT2D eigenvalue weighted by Gasteiger charge is -2.07. The third kappa shape index (κ3) is 3.96. The lowest BCUT2D eigenvalue weighted by Crippen LogP contribution is -2.11. The quantitative estimate of drug-likeness (QED) is 0.469. The van der Waals surface area contributed by atoms with Crippen LogP contribution in [0.4, 0.5) is 5.69 Å². The Morgan fingerprint density at radius 1 is 0.926 bits per heavy atom. The zero-order chi connectivity index (χ0) is 18.6. The number of halogens is 1. The number of hydrogen-bond acceptors (Lipinski definition) is 3. The first-order valence-corrected chi connectivity index (χ1v) is 8.83. The fourth-order valence-electron chi connectivity index (χ4n) is 2.78. The van der Waals surface area contributed by atoms with Crippen LogP contribution in [0.15, 0.2) is 83.3 Å². The van der Waals surface area contributed by atoms with Crippen molar-refractivity contribution in [2.75, 3.05) is 5.32 Å². The minimum atomic E-state index is -0.302. The van der Waals surface area contributed by atoms with Crippen LogP contribution in [0.2, 0.25) is 5.02 Å². The third-order valence-electron chi connectivity index (χ3n) is 4.12. The smallest absolute Gasteiger partial charge is 0.291 e. The lowest BCUT2D eigenvalue weighted by atomic mass is 10.1. The highest BCUT2D eigenvalue weighted by molar-refractivity contribution is 6.30. The molecule has 3 aromatic carbocycles. The maximum Gasteiger partial charge on any atom is 0.291 e. The average molecular weight is 378 g/mol. The largest absolute Gasteiger partial charge is 0.486 e. The zero-order valence-corrected chi connectivity index (χ0v) is 15.1. The Balaban J connectivity index is 1.44. The Labute approximate surface area is 161 Å². The van der Waals surface area contributed by atoms with Crippen molar-refractivity contribution in [3.63, 3.8) is 0 Å². The van der Waals surface area contributed by atoms with Crippen LogP contribution in [0.1, 0.15) is 16.3 Å². The van der Waals surface area contributed by atoms with Gasteiger partial charge in [0.1, 0.15) is 18.1 Å². The molecule has 1 amide bonds. The molecular weight excluding hydrogens is 362 g/mol. The van der Waals surface area contributed by atoms with Gasteiger partial charge in [0.05, 0.1) is 0 Å². The van der Waals surface area contributed by atoms with Crippen molar-refractivity contribution in [3.05, 3.63) is 95.4 Å². The van der Waals surface area contributed by atoms with Gasteiger partial charge in [0, 0.05) is 16.1 Å². The number of ether oxygens (including phenoxy) is 1. The summed E-state index contributed by atoms with van der Waals surface area (Å²) in [5.41, 5.74) is 0.744. The Hall–Kier alpha value is -3.24. The van der Waals surface area contributed by atoms with E-state index in [2.05, 4.69) is 5.32 Å². The van der Waals surface area contributed by atoms with Crippen LogP contribution >= 0.6 is 11.6 Å². The van der Waals surface area contributed by atoms with Crippen molar-refractivity contribution >= 4 is 34.0 Å². The SMILES string of the molecule is O=C(Nc1cccc2ccccc12)c1ccc(COc2ccc(Cl)cc2)o1. The third-order valence-corrected chi connectivity index (χ3v) is 4.37. The van der Waals surface area contributed by atoms with Gasteiger partial charge in [-0.1, -0.05) is 48.0 Å². The fraction of sp³-hybridized carbons (Fsp3) is 0.0455. The number of anilines is 1. The average Bonchev–Trinajstić information content (AvgIpc) is 3.17. The van der Waals surface area contributed by atoms with E-state index in [4.69, 9.17) is 20.8 Å². The standard InChI is InChI=1S/C22H16ClNO3/c23-16-8-10-17(11-9-16)26-14-18-12-13-21(27-18)22(25)24-20-7-3-5-15-4-1-2-6-19(15)20/h1-13H,14H2,(H,24,25). The molecule has 0 spiro atoms. The monoisotopic (exact) mass is 377 g/mol. The minimum absolute atomic E-state index is 0.225. The molecule has 1 N–H and O–H groups in total. The molecule has 0 fully saturated rings. The van der Waals surface area contributed by atoms with Gasteiger partial charge in [-0.05, 0) is 47.9 Å². The molecule has 4 aromatic rings. The summed E-state index contributed by atoms with van der Waals surface area (Å²) in [4.78, 5) is 12.5. The van der Waals surface area contributed by atoms with E-state index in [0.717, 1.165) is 16.5 Å². The van der Waals surface area contributed by atoms with E-state index >= 15 is 0 Å². The second-order valence-corrected chi connectivity index (χ2v) is 6.43. The Bertz CT molecular complexity index is 1080. The van der Waals surface area contributed by atoms with Crippen LogP contribution in [0.3, 0.4) is 0 Å². The molecule has 5 heteroatoms. The van der Waals surface area contributed by atoms with Gasteiger partial charge >= 0.3 is 0 Å². The molecule has 4 rings (SSSR count). The summed E-state index contributed by atoms with van der Waals surface area (Å²) < 4.78 is 11.2. The van der Waals surface area contributed by atoms with E-state index in [-0.39, 0.29) is 18.3 Å². The normalized spacial score (nSPS) is 10.7. The molecular formula is C22H16ClNO3. The van der Waals surface area contributed by atoms with Gasteiger partial charge < -0.3 is 14.5 Å². The first kappa shape index (κ1) is 17.2. The second-order valence-electron chi connectivity index (χ2n) is 5.99. The number of fused-ring (bicyclic) bond motifs is 1. The van der Waals surface area contributed by atoms with E-state index < -0.39 is 0 Å². The highest BCUT2D eigenvalue weighted by atomic mass is 35.5. The van der Waals surface area contributed by atoms with Crippen molar-refractivity contribution in [2.24, 2.45) is 0 Å². The molecule has 1 aromatic heterocycles. The van der Waals surface area contributed by atoms with Crippen LogP contribution in [0.25, 0.3) is 10.8 Å². The van der Waals surface area contributed by atoms with Gasteiger partial charge in [0.15, 0.2) is 5.76 Å². The number of amides is 1. The number of hydrogen-bond donors (Lipinski definition) is 1. The first-order valence-electron chi connectivity index (χ1n) is 8.45. The molecule has 1 heterocycles. The maximum atomic E-state index is 12.5. The van der Waals surface area contributed by atoms with E-state index in [1.165, 1.54) is 0 Å². The van der Waals surface area contributed by atoms with E-state index in [0.29, 0.717) is 16.5 Å². The highest BCUT2D eigenvalue weighted by Gasteiger charge is 2.13. The summed E-state index contributed by atoms with van der Waals surface area (Å²) in [7, 11) is 0. The molecule has 0 unspecified atom stereocenters. The van der Waals surface area contributed by atoms with Gasteiger partial charge in [-0.25, -0.2) is 0 Å². The number of carbonyl (C=O) groups is 1. The fourth-order valence-corrected chi connectivity index (χ4v) is 2.91. The molecule has 4 nitrogen and oxygen atoms in total. The van der Waals surface area contributed by atoms with E-state index in [1.807, 2.05) is 42.5 Å². The predicted octanol–water partition coefficient (Wildman–Crippen LogP) is 5.92. The summed E-state index contributed by atoms with van der Waals surface area (Å²) in [5, 5.41) is 5.59. The Morgan fingerprint density at radius 2 is 1.70 bits per heavy atom. The van der Waals surface area contributed by atoms with E-state index in [1.54, 1.807) is 36.4 Å². The van der Waals surface area contributed by atoms with Crippen LogP contribution in [-0.2, 0) is 6.61 Å². The van der Waals surface area contributed by atoms with Gasteiger partial charge in [0.25, 0.3) is 5.91 Å². The maximum absolute atomic E-state index is 12.5. The van der Waals surface area contributed by atoms with Crippen molar-refractivity contribution in [2.45, 2.75) is 6.61 Å². The lowest BCUT2D eigenvalue weighted by molar-refractivity contribution is 0.0993. The summed E-state index contributed by atoms with van der Waals surface area (Å²) in [5.74, 6) is 1.17. The molecule has 0 aliphatic rings. The number of furan rings is 1. The van der Waals surface area contributed by atoms with Gasteiger partial charge in [0.2, 0.25) is 0 Å². The summed E-state index contributed by atoms with van der Waals surface area (Å²) in [6.07, 6.45) is 0. The summed E-state index contributed by atoms with van der Waals surface area (Å²) in [6.45, 7) is 0.225. The van der Waals surface area contributed by atoms with Crippen molar-refractivity contribution in [3.8, 4) is 5.75 Å². The Kier molecular flexibility index (Phi) is 4.81. The predicted molar refractivity (Wildman–Crippen MR) is 106 cm³/mol. The highest BCUT2D eigenvalue weighted by Crippen LogP contribution is 2.24. The topological polar surface area (TPSA) is 51.5 Å². The molecule has 134 valence electrons. The van der Waals surface area contributed by atoms with Gasteiger partial charge in [-0.3, -0.25) is 4.79 Å². The number of rotatable bonds is 5. The molecule has 0 atom stereocenters. The molecule has 0 saturated carbocycles. The van der Waals surface area contributed by atoms with Crippen LogP contribution in [-0.4, -0.2) is 5.91 Å². The first-order chi connectivity index (χ1) is 13.2. The molecule has 27 heavy (non-hydrogen) atoms. The molecule has 0 saturated heterocycles. The van der Waals surface area contributed by atoms with Crippen LogP contribution < -0.4 is 10.1 Å². The Morgan fingerprint density at radius 3 is 2.56 bits per heavy atom. The van der Waals surface area contributed by atoms with Crippen LogP contribution in [0.5, 0.6) is 5.75 Å². The molecule has 0 aliphatic heterocycles. The molecule has 0 radical (unpaired) electrons. The number of nitrogens with one attached hydrogen (secondary N) is 1. The van der Waals surface area contributed by atoms with Crippen molar-refractivity contribution < 1.29 is 13.9 Å². The minimum Gasteiger partial charge on any atom is -0.486 e. The summed E-state index contributed by atoms with van der Waals surface area (Å²) >= 11 is 5.85. The van der Waals surface area contributed by atoms with Gasteiger partial charge in [-0.15, -0.1) is 0 Å². The molecule has 0 bridgehead atoms. The zero-order valence-electron chi connectivity index (χ0n) is 14.3. The second kappa shape index (κ2) is 7.56. The van der Waals surface area contributed by atoms with Crippen molar-refractivity contribution in [1.82, 2.24) is 0 Å². The molecule has 0 aliphatic carbocycles. The number of carbonyl (C=O) groups excluding carboxylic acids is 1. The van der Waals surface area contributed by atoms with Crippen molar-refractivity contribution in [1.29, 1.82) is 0 Å². The number of benzene rings is 3. The summed E-state index contributed by atoms with van der Waals surface area (Å²) in [6, 6.07) is 24.1.